The van der Waals surface area contributed by atoms with Crippen molar-refractivity contribution in [2.75, 3.05) is 19.0 Å². The van der Waals surface area contributed by atoms with Gasteiger partial charge in [0.25, 0.3) is 0 Å². The molecule has 0 unspecified atom stereocenters. The second kappa shape index (κ2) is 9.87. The summed E-state index contributed by atoms with van der Waals surface area (Å²) in [5.74, 6) is 6.29. The quantitative estimate of drug-likeness (QED) is 0.248. The molecule has 0 aromatic carbocycles. The molecule has 3 aromatic heterocycles. The van der Waals surface area contributed by atoms with Gasteiger partial charge in [0.2, 0.25) is 17.5 Å². The molecule has 3 heterocycles. The predicted molar refractivity (Wildman–Crippen MR) is 130 cm³/mol. The van der Waals surface area contributed by atoms with E-state index in [-0.39, 0.29) is 30.2 Å². The smallest absolute Gasteiger partial charge is 0.232 e. The standard InChI is InChI=1S/C24H28ClN5O4/c1-14-11-30(33)17(15(2)19(14)34-6)13-29-12-16(9-7-8-10-31)18-20(25)26-23(27-21(18)29)28-22(32)24(3,4)5/h11-12,31H,8,10,13H2,1-6H3,(H,26,27,28,32). The van der Waals surface area contributed by atoms with Crippen molar-refractivity contribution in [3.8, 4) is 17.6 Å². The van der Waals surface area contributed by atoms with Crippen molar-refractivity contribution in [2.24, 2.45) is 5.41 Å². The van der Waals surface area contributed by atoms with Crippen LogP contribution in [0.2, 0.25) is 5.15 Å². The Morgan fingerprint density at radius 2 is 2.06 bits per heavy atom. The van der Waals surface area contributed by atoms with E-state index in [1.165, 1.54) is 6.20 Å². The number of aliphatic hydroxyl groups excluding tert-OH is 1. The van der Waals surface area contributed by atoms with E-state index in [9.17, 15) is 10.0 Å². The monoisotopic (exact) mass is 485 g/mol. The van der Waals surface area contributed by atoms with E-state index in [0.29, 0.717) is 40.0 Å². The van der Waals surface area contributed by atoms with Crippen molar-refractivity contribution in [3.05, 3.63) is 45.1 Å². The van der Waals surface area contributed by atoms with Crippen LogP contribution in [0.4, 0.5) is 5.95 Å². The number of carbonyl (C=O) groups is 1. The number of rotatable bonds is 5. The summed E-state index contributed by atoms with van der Waals surface area (Å²) in [5.41, 5.74) is 2.20. The van der Waals surface area contributed by atoms with Gasteiger partial charge < -0.3 is 19.6 Å². The molecule has 0 radical (unpaired) electrons. The molecule has 9 nitrogen and oxygen atoms in total. The number of methoxy groups -OCH3 is 1. The minimum Gasteiger partial charge on any atom is -0.618 e. The number of ether oxygens (including phenoxy) is 1. The Morgan fingerprint density at radius 1 is 1.35 bits per heavy atom. The highest BCUT2D eigenvalue weighted by Gasteiger charge is 2.25. The first-order valence-corrected chi connectivity index (χ1v) is 11.1. The van der Waals surface area contributed by atoms with E-state index in [2.05, 4.69) is 27.1 Å². The number of fused-ring (bicyclic) bond motifs is 1. The van der Waals surface area contributed by atoms with Crippen LogP contribution in [-0.4, -0.2) is 39.3 Å². The number of amides is 1. The van der Waals surface area contributed by atoms with Crippen LogP contribution >= 0.6 is 11.6 Å². The molecule has 0 saturated carbocycles. The maximum Gasteiger partial charge on any atom is 0.232 e. The fourth-order valence-electron chi connectivity index (χ4n) is 3.49. The van der Waals surface area contributed by atoms with Crippen LogP contribution in [0.15, 0.2) is 12.4 Å². The summed E-state index contributed by atoms with van der Waals surface area (Å²) < 4.78 is 8.03. The average molecular weight is 486 g/mol. The summed E-state index contributed by atoms with van der Waals surface area (Å²) in [6, 6.07) is 0. The van der Waals surface area contributed by atoms with E-state index in [1.807, 2.05) is 6.92 Å². The number of anilines is 1. The minimum absolute atomic E-state index is 0.0554. The second-order valence-corrected chi connectivity index (χ2v) is 9.29. The summed E-state index contributed by atoms with van der Waals surface area (Å²) >= 11 is 6.51. The Kier molecular flexibility index (Phi) is 7.34. The summed E-state index contributed by atoms with van der Waals surface area (Å²) in [4.78, 5) is 21.3. The van der Waals surface area contributed by atoms with Gasteiger partial charge in [0.05, 0.1) is 35.8 Å². The Bertz CT molecular complexity index is 1320. The number of carbonyl (C=O) groups excluding carboxylic acids is 1. The van der Waals surface area contributed by atoms with Crippen LogP contribution in [0, 0.1) is 36.3 Å². The van der Waals surface area contributed by atoms with Gasteiger partial charge in [-0.05, 0) is 13.8 Å². The first-order valence-electron chi connectivity index (χ1n) is 10.7. The molecule has 0 saturated heterocycles. The van der Waals surface area contributed by atoms with Crippen LogP contribution in [0.25, 0.3) is 11.0 Å². The normalized spacial score (nSPS) is 11.3. The topological polar surface area (TPSA) is 116 Å². The van der Waals surface area contributed by atoms with Crippen LogP contribution in [0.5, 0.6) is 5.75 Å². The van der Waals surface area contributed by atoms with Gasteiger partial charge in [0.15, 0.2) is 6.20 Å². The Hall–Kier alpha value is -3.35. The third-order valence-corrected chi connectivity index (χ3v) is 5.54. The molecule has 0 spiro atoms. The Morgan fingerprint density at radius 3 is 2.68 bits per heavy atom. The fraction of sp³-hybridized carbons (Fsp3) is 0.417. The van der Waals surface area contributed by atoms with Crippen molar-refractivity contribution in [1.29, 1.82) is 0 Å². The largest absolute Gasteiger partial charge is 0.618 e. The maximum atomic E-state index is 12.8. The first kappa shape index (κ1) is 25.3. The average Bonchev–Trinajstić information content (AvgIpc) is 3.08. The molecule has 3 rings (SSSR count). The molecule has 2 N–H and O–H groups in total. The van der Waals surface area contributed by atoms with Crippen LogP contribution < -0.4 is 14.8 Å². The fourth-order valence-corrected chi connectivity index (χ4v) is 3.75. The SMILES string of the molecule is COc1c(C)c[n+]([O-])c(Cn2cc(C#CCCO)c3c(Cl)nc(NC(=O)C(C)(C)C)nc32)c1C. The molecule has 0 atom stereocenters. The predicted octanol–water partition coefficient (Wildman–Crippen LogP) is 3.11. The van der Waals surface area contributed by atoms with Crippen LogP contribution in [0.1, 0.15) is 49.6 Å². The minimum atomic E-state index is -0.655. The van der Waals surface area contributed by atoms with E-state index in [4.69, 9.17) is 21.4 Å². The number of nitrogens with zero attached hydrogens (tertiary/aromatic N) is 4. The molecule has 34 heavy (non-hydrogen) atoms. The van der Waals surface area contributed by atoms with Crippen LogP contribution in [-0.2, 0) is 11.3 Å². The van der Waals surface area contributed by atoms with Crippen molar-refractivity contribution in [1.82, 2.24) is 14.5 Å². The van der Waals surface area contributed by atoms with Gasteiger partial charge in [-0.1, -0.05) is 44.2 Å². The van der Waals surface area contributed by atoms with E-state index >= 15 is 0 Å². The lowest BCUT2D eigenvalue weighted by Crippen LogP contribution is -2.34. The highest BCUT2D eigenvalue weighted by Crippen LogP contribution is 2.30. The number of halogens is 1. The zero-order chi connectivity index (χ0) is 25.2. The number of hydrogen-bond acceptors (Lipinski definition) is 6. The van der Waals surface area contributed by atoms with Gasteiger partial charge in [-0.3, -0.25) is 10.1 Å². The summed E-state index contributed by atoms with van der Waals surface area (Å²) in [6.45, 7) is 9.05. The zero-order valence-electron chi connectivity index (χ0n) is 20.1. The van der Waals surface area contributed by atoms with Crippen molar-refractivity contribution in [3.63, 3.8) is 0 Å². The molecule has 0 bridgehead atoms. The molecule has 0 fully saturated rings. The van der Waals surface area contributed by atoms with E-state index in [1.54, 1.807) is 45.6 Å². The molecule has 3 aromatic rings. The summed E-state index contributed by atoms with van der Waals surface area (Å²) in [5, 5.41) is 25.2. The first-order chi connectivity index (χ1) is 16.0. The highest BCUT2D eigenvalue weighted by molar-refractivity contribution is 6.34. The van der Waals surface area contributed by atoms with Gasteiger partial charge in [-0.2, -0.15) is 14.7 Å². The van der Waals surface area contributed by atoms with E-state index in [0.717, 1.165) is 10.3 Å². The molecule has 1 amide bonds. The lowest BCUT2D eigenvalue weighted by Gasteiger charge is -2.17. The van der Waals surface area contributed by atoms with Gasteiger partial charge in [-0.15, -0.1) is 0 Å². The van der Waals surface area contributed by atoms with Crippen molar-refractivity contribution < 1.29 is 19.4 Å². The number of aryl methyl sites for hydroxylation is 1. The van der Waals surface area contributed by atoms with E-state index < -0.39 is 5.41 Å². The highest BCUT2D eigenvalue weighted by atomic mass is 35.5. The van der Waals surface area contributed by atoms with Gasteiger partial charge in [-0.25, -0.2) is 0 Å². The molecule has 0 aliphatic carbocycles. The van der Waals surface area contributed by atoms with Crippen LogP contribution in [0.3, 0.4) is 0 Å². The van der Waals surface area contributed by atoms with Crippen molar-refractivity contribution >= 4 is 34.5 Å². The second-order valence-electron chi connectivity index (χ2n) is 8.93. The maximum absolute atomic E-state index is 12.8. The van der Waals surface area contributed by atoms with Gasteiger partial charge in [0.1, 0.15) is 23.1 Å². The molecular formula is C24H28ClN5O4. The van der Waals surface area contributed by atoms with Gasteiger partial charge in [0, 0.05) is 18.0 Å². The third kappa shape index (κ3) is 5.08. The third-order valence-electron chi connectivity index (χ3n) is 5.27. The van der Waals surface area contributed by atoms with Crippen molar-refractivity contribution in [2.45, 2.75) is 47.6 Å². The lowest BCUT2D eigenvalue weighted by molar-refractivity contribution is -0.615. The molecular weight excluding hydrogens is 458 g/mol. The Labute approximate surface area is 203 Å². The number of nitrogens with one attached hydrogen (secondary N) is 1. The molecule has 0 aliphatic rings. The number of pyridine rings is 1. The zero-order valence-corrected chi connectivity index (χ0v) is 20.9. The summed E-state index contributed by atoms with van der Waals surface area (Å²) in [7, 11) is 1.56. The Balaban J connectivity index is 2.19. The molecule has 10 heteroatoms. The number of aliphatic hydroxyl groups is 1. The lowest BCUT2D eigenvalue weighted by atomic mass is 9.96. The molecule has 180 valence electrons. The van der Waals surface area contributed by atoms with Gasteiger partial charge >= 0.3 is 0 Å². The number of aromatic nitrogens is 4. The summed E-state index contributed by atoms with van der Waals surface area (Å²) in [6.07, 6.45) is 3.49. The molecule has 0 aliphatic heterocycles. The number of hydrogen-bond donors (Lipinski definition) is 2.